The number of hydrogen-bond donors (Lipinski definition) is 1. The van der Waals surface area contributed by atoms with Gasteiger partial charge < -0.3 is 10.2 Å². The molecule has 1 amide bonds. The van der Waals surface area contributed by atoms with E-state index < -0.39 is 0 Å². The number of benzene rings is 1. The normalized spacial score (nSPS) is 18.2. The van der Waals surface area contributed by atoms with E-state index in [0.29, 0.717) is 23.4 Å². The van der Waals surface area contributed by atoms with Gasteiger partial charge in [0.2, 0.25) is 0 Å². The topological polar surface area (TPSA) is 58.1 Å². The zero-order valence-corrected chi connectivity index (χ0v) is 16.6. The molecule has 0 spiro atoms. The third-order valence-corrected chi connectivity index (χ3v) is 5.34. The van der Waals surface area contributed by atoms with Gasteiger partial charge in [-0.2, -0.15) is 0 Å². The highest BCUT2D eigenvalue weighted by Gasteiger charge is 2.27. The van der Waals surface area contributed by atoms with Gasteiger partial charge in [-0.25, -0.2) is 9.97 Å². The van der Waals surface area contributed by atoms with Crippen LogP contribution in [-0.2, 0) is 0 Å². The lowest BCUT2D eigenvalue weighted by atomic mass is 9.99. The van der Waals surface area contributed by atoms with E-state index in [2.05, 4.69) is 36.1 Å². The Hall–Kier alpha value is -2.43. The predicted octanol–water partition coefficient (Wildman–Crippen LogP) is 4.76. The molecule has 1 N–H and O–H groups in total. The minimum Gasteiger partial charge on any atom is -0.367 e. The summed E-state index contributed by atoms with van der Waals surface area (Å²) in [7, 11) is 0. The second kappa shape index (κ2) is 8.98. The maximum absolute atomic E-state index is 13.3. The number of anilines is 1. The van der Waals surface area contributed by atoms with Crippen molar-refractivity contribution in [2.45, 2.75) is 65.0 Å². The van der Waals surface area contributed by atoms with Crippen LogP contribution in [-0.4, -0.2) is 39.4 Å². The molecule has 2 aromatic rings. The molecule has 0 aliphatic carbocycles. The first-order valence-electron chi connectivity index (χ1n) is 10.1. The van der Waals surface area contributed by atoms with Crippen molar-refractivity contribution < 1.29 is 4.79 Å². The van der Waals surface area contributed by atoms with Crippen LogP contribution in [0.25, 0.3) is 11.4 Å². The first-order chi connectivity index (χ1) is 13.1. The highest BCUT2D eigenvalue weighted by Crippen LogP contribution is 2.24. The summed E-state index contributed by atoms with van der Waals surface area (Å²) >= 11 is 0. The zero-order valence-electron chi connectivity index (χ0n) is 16.6. The second-order valence-corrected chi connectivity index (χ2v) is 7.34. The van der Waals surface area contributed by atoms with Crippen LogP contribution in [0.2, 0.25) is 0 Å². The van der Waals surface area contributed by atoms with Gasteiger partial charge in [0.15, 0.2) is 5.82 Å². The number of piperidine rings is 1. The molecule has 5 nitrogen and oxygen atoms in total. The number of amides is 1. The number of hydrogen-bond acceptors (Lipinski definition) is 4. The highest BCUT2D eigenvalue weighted by atomic mass is 16.2. The molecule has 27 heavy (non-hydrogen) atoms. The average Bonchev–Trinajstić information content (AvgIpc) is 2.73. The molecule has 1 fully saturated rings. The first kappa shape index (κ1) is 19.3. The molecular weight excluding hydrogens is 336 g/mol. The summed E-state index contributed by atoms with van der Waals surface area (Å²) in [6.07, 6.45) is 5.31. The minimum absolute atomic E-state index is 0.0216. The van der Waals surface area contributed by atoms with E-state index in [4.69, 9.17) is 0 Å². The molecule has 2 heterocycles. The molecule has 3 rings (SSSR count). The predicted molar refractivity (Wildman–Crippen MR) is 110 cm³/mol. The molecule has 1 aromatic heterocycles. The molecule has 5 heteroatoms. The number of aromatic nitrogens is 2. The average molecular weight is 367 g/mol. The van der Waals surface area contributed by atoms with Gasteiger partial charge in [0.25, 0.3) is 5.91 Å². The van der Waals surface area contributed by atoms with E-state index >= 15 is 0 Å². The Kier molecular flexibility index (Phi) is 6.43. The molecule has 1 aliphatic heterocycles. The van der Waals surface area contributed by atoms with Crippen LogP contribution >= 0.6 is 0 Å². The molecule has 1 aromatic carbocycles. The minimum atomic E-state index is 0.0216. The molecule has 2 unspecified atom stereocenters. The van der Waals surface area contributed by atoms with Gasteiger partial charge in [-0.05, 0) is 39.0 Å². The Morgan fingerprint density at radius 2 is 2.00 bits per heavy atom. The lowest BCUT2D eigenvalue weighted by Crippen LogP contribution is -2.43. The number of nitrogens with zero attached hydrogens (tertiary/aromatic N) is 3. The summed E-state index contributed by atoms with van der Waals surface area (Å²) in [6, 6.07) is 12.3. The van der Waals surface area contributed by atoms with E-state index in [0.717, 1.165) is 37.8 Å². The summed E-state index contributed by atoms with van der Waals surface area (Å²) in [5.74, 6) is 1.33. The standard InChI is InChI=1S/C22H30N4O/c1-4-16(3)23-20-15-19(22(27)26-14-10-9-13-18(26)5-2)24-21(25-20)17-11-7-6-8-12-17/h6-8,11-12,15-16,18H,4-5,9-10,13-14H2,1-3H3,(H,23,24,25). The van der Waals surface area contributed by atoms with E-state index in [1.54, 1.807) is 0 Å². The van der Waals surface area contributed by atoms with Crippen LogP contribution in [0.3, 0.4) is 0 Å². The van der Waals surface area contributed by atoms with Crippen molar-refractivity contribution >= 4 is 11.7 Å². The quantitative estimate of drug-likeness (QED) is 0.801. The van der Waals surface area contributed by atoms with Crippen LogP contribution in [0.1, 0.15) is 63.4 Å². The van der Waals surface area contributed by atoms with E-state index in [-0.39, 0.29) is 11.9 Å². The van der Waals surface area contributed by atoms with Crippen LogP contribution in [0.4, 0.5) is 5.82 Å². The van der Waals surface area contributed by atoms with Crippen molar-refractivity contribution in [2.24, 2.45) is 0 Å². The molecule has 0 saturated carbocycles. The SMILES string of the molecule is CCC(C)Nc1cc(C(=O)N2CCCCC2CC)nc(-c2ccccc2)n1. The van der Waals surface area contributed by atoms with Crippen LogP contribution in [0.5, 0.6) is 0 Å². The number of likely N-dealkylation sites (tertiary alicyclic amines) is 1. The zero-order chi connectivity index (χ0) is 19.2. The summed E-state index contributed by atoms with van der Waals surface area (Å²) in [6.45, 7) is 7.21. The number of rotatable bonds is 6. The number of nitrogens with one attached hydrogen (secondary N) is 1. The van der Waals surface area contributed by atoms with Gasteiger partial charge in [-0.1, -0.05) is 44.2 Å². The molecule has 1 saturated heterocycles. The molecule has 2 atom stereocenters. The van der Waals surface area contributed by atoms with E-state index in [9.17, 15) is 4.79 Å². The van der Waals surface area contributed by atoms with Gasteiger partial charge in [-0.15, -0.1) is 0 Å². The van der Waals surface area contributed by atoms with Crippen LogP contribution in [0.15, 0.2) is 36.4 Å². The summed E-state index contributed by atoms with van der Waals surface area (Å²) < 4.78 is 0. The highest BCUT2D eigenvalue weighted by molar-refractivity contribution is 5.93. The van der Waals surface area contributed by atoms with Gasteiger partial charge in [-0.3, -0.25) is 4.79 Å². The van der Waals surface area contributed by atoms with Crippen molar-refractivity contribution in [3.05, 3.63) is 42.1 Å². The summed E-state index contributed by atoms with van der Waals surface area (Å²) in [4.78, 5) is 24.6. The fraction of sp³-hybridized carbons (Fsp3) is 0.500. The molecular formula is C22H30N4O. The fourth-order valence-electron chi connectivity index (χ4n) is 3.54. The van der Waals surface area contributed by atoms with E-state index in [1.165, 1.54) is 6.42 Å². The lowest BCUT2D eigenvalue weighted by molar-refractivity contribution is 0.0602. The third kappa shape index (κ3) is 4.65. The third-order valence-electron chi connectivity index (χ3n) is 5.34. The van der Waals surface area contributed by atoms with Crippen LogP contribution < -0.4 is 5.32 Å². The Morgan fingerprint density at radius 3 is 2.70 bits per heavy atom. The number of carbonyl (C=O) groups excluding carboxylic acids is 1. The van der Waals surface area contributed by atoms with Crippen molar-refractivity contribution in [3.63, 3.8) is 0 Å². The van der Waals surface area contributed by atoms with Gasteiger partial charge in [0, 0.05) is 30.3 Å². The van der Waals surface area contributed by atoms with Crippen molar-refractivity contribution in [1.29, 1.82) is 0 Å². The summed E-state index contributed by atoms with van der Waals surface area (Å²) in [5, 5.41) is 3.40. The molecule has 1 aliphatic rings. The molecule has 0 bridgehead atoms. The summed E-state index contributed by atoms with van der Waals surface area (Å²) in [5.41, 5.74) is 1.40. The molecule has 0 radical (unpaired) electrons. The number of carbonyl (C=O) groups is 1. The molecule has 144 valence electrons. The Bertz CT molecular complexity index is 762. The smallest absolute Gasteiger partial charge is 0.272 e. The van der Waals surface area contributed by atoms with Crippen molar-refractivity contribution in [1.82, 2.24) is 14.9 Å². The van der Waals surface area contributed by atoms with Gasteiger partial charge in [0.1, 0.15) is 11.5 Å². The maximum atomic E-state index is 13.3. The Balaban J connectivity index is 1.97. The largest absolute Gasteiger partial charge is 0.367 e. The van der Waals surface area contributed by atoms with Crippen LogP contribution in [0, 0.1) is 0 Å². The van der Waals surface area contributed by atoms with Gasteiger partial charge in [0.05, 0.1) is 0 Å². The lowest BCUT2D eigenvalue weighted by Gasteiger charge is -2.35. The van der Waals surface area contributed by atoms with Gasteiger partial charge >= 0.3 is 0 Å². The van der Waals surface area contributed by atoms with E-state index in [1.807, 2.05) is 41.3 Å². The fourth-order valence-corrected chi connectivity index (χ4v) is 3.54. The Morgan fingerprint density at radius 1 is 1.22 bits per heavy atom. The first-order valence-corrected chi connectivity index (χ1v) is 10.1. The Labute approximate surface area is 162 Å². The monoisotopic (exact) mass is 366 g/mol. The van der Waals surface area contributed by atoms with Crippen molar-refractivity contribution in [3.8, 4) is 11.4 Å². The second-order valence-electron chi connectivity index (χ2n) is 7.34. The maximum Gasteiger partial charge on any atom is 0.272 e. The van der Waals surface area contributed by atoms with Crippen molar-refractivity contribution in [2.75, 3.05) is 11.9 Å².